The number of nitrogens with one attached hydrogen (secondary N) is 1. The lowest BCUT2D eigenvalue weighted by Gasteiger charge is -2.26. The number of aryl methyl sites for hydroxylation is 1. The van der Waals surface area contributed by atoms with Crippen molar-refractivity contribution in [2.75, 3.05) is 13.7 Å². The second-order valence-electron chi connectivity index (χ2n) is 5.19. The summed E-state index contributed by atoms with van der Waals surface area (Å²) in [5, 5.41) is 3.65. The normalized spacial score (nSPS) is 17.6. The number of benzene rings is 1. The van der Waals surface area contributed by atoms with Gasteiger partial charge in [-0.2, -0.15) is 0 Å². The van der Waals surface area contributed by atoms with Gasteiger partial charge in [-0.05, 0) is 61.9 Å². The van der Waals surface area contributed by atoms with Gasteiger partial charge in [0.05, 0.1) is 7.11 Å². The zero-order valence-electron chi connectivity index (χ0n) is 11.7. The van der Waals surface area contributed by atoms with Gasteiger partial charge < -0.3 is 10.1 Å². The molecule has 0 aromatic heterocycles. The molecule has 1 aliphatic rings. The maximum atomic E-state index is 5.30. The van der Waals surface area contributed by atoms with Crippen molar-refractivity contribution in [1.29, 1.82) is 0 Å². The van der Waals surface area contributed by atoms with Crippen LogP contribution in [0.25, 0.3) is 0 Å². The van der Waals surface area contributed by atoms with E-state index in [9.17, 15) is 0 Å². The van der Waals surface area contributed by atoms with Gasteiger partial charge in [0, 0.05) is 12.5 Å². The summed E-state index contributed by atoms with van der Waals surface area (Å²) in [5.74, 6) is 3.66. The molecule has 1 atom stereocenters. The van der Waals surface area contributed by atoms with E-state index in [-0.39, 0.29) is 0 Å². The lowest BCUT2D eigenvalue weighted by molar-refractivity contribution is 0.410. The van der Waals surface area contributed by atoms with E-state index in [2.05, 4.69) is 29.4 Å². The highest BCUT2D eigenvalue weighted by molar-refractivity contribution is 5.37. The molecule has 2 nitrogen and oxygen atoms in total. The maximum Gasteiger partial charge on any atom is 0.119 e. The molecule has 2 rings (SSSR count). The van der Waals surface area contributed by atoms with Gasteiger partial charge in [0.15, 0.2) is 0 Å². The lowest BCUT2D eigenvalue weighted by Crippen LogP contribution is -2.35. The highest BCUT2D eigenvalue weighted by atomic mass is 16.5. The van der Waals surface area contributed by atoms with Crippen LogP contribution in [0.5, 0.6) is 5.75 Å². The Morgan fingerprint density at radius 3 is 3.05 bits per heavy atom. The number of terminal acetylenes is 1. The lowest BCUT2D eigenvalue weighted by atomic mass is 9.88. The molecule has 0 bridgehead atoms. The second-order valence-corrected chi connectivity index (χ2v) is 5.19. The summed E-state index contributed by atoms with van der Waals surface area (Å²) in [4.78, 5) is 0. The van der Waals surface area contributed by atoms with Crippen molar-refractivity contribution in [1.82, 2.24) is 5.32 Å². The van der Waals surface area contributed by atoms with Crippen LogP contribution < -0.4 is 10.1 Å². The summed E-state index contributed by atoms with van der Waals surface area (Å²) in [6, 6.07) is 7.05. The number of ether oxygens (including phenoxy) is 1. The van der Waals surface area contributed by atoms with E-state index in [1.54, 1.807) is 7.11 Å². The predicted molar refractivity (Wildman–Crippen MR) is 79.5 cm³/mol. The van der Waals surface area contributed by atoms with Crippen LogP contribution in [-0.4, -0.2) is 19.7 Å². The topological polar surface area (TPSA) is 21.3 Å². The van der Waals surface area contributed by atoms with Crippen LogP contribution >= 0.6 is 0 Å². The molecular formula is C17H23NO. The third kappa shape index (κ3) is 4.01. The Morgan fingerprint density at radius 2 is 2.26 bits per heavy atom. The Labute approximate surface area is 116 Å². The largest absolute Gasteiger partial charge is 0.497 e. The Hall–Kier alpha value is -1.46. The Morgan fingerprint density at radius 1 is 1.37 bits per heavy atom. The monoisotopic (exact) mass is 257 g/mol. The first-order valence-electron chi connectivity index (χ1n) is 7.16. The van der Waals surface area contributed by atoms with Gasteiger partial charge in [-0.25, -0.2) is 0 Å². The fraction of sp³-hybridized carbons (Fsp3) is 0.529. The van der Waals surface area contributed by atoms with E-state index in [1.807, 2.05) is 0 Å². The van der Waals surface area contributed by atoms with Crippen molar-refractivity contribution in [3.8, 4) is 18.1 Å². The molecule has 1 N–H and O–H groups in total. The number of rotatable bonds is 6. The van der Waals surface area contributed by atoms with Crippen molar-refractivity contribution in [3.63, 3.8) is 0 Å². The highest BCUT2D eigenvalue weighted by Gasteiger charge is 2.18. The van der Waals surface area contributed by atoms with E-state index in [4.69, 9.17) is 11.2 Å². The molecule has 0 radical (unpaired) electrons. The molecule has 0 aliphatic heterocycles. The van der Waals surface area contributed by atoms with Crippen LogP contribution in [0, 0.1) is 12.3 Å². The first-order chi connectivity index (χ1) is 9.33. The zero-order valence-corrected chi connectivity index (χ0v) is 11.7. The van der Waals surface area contributed by atoms with Gasteiger partial charge >= 0.3 is 0 Å². The quantitative estimate of drug-likeness (QED) is 0.625. The minimum Gasteiger partial charge on any atom is -0.497 e. The summed E-state index contributed by atoms with van der Waals surface area (Å²) in [7, 11) is 1.73. The molecule has 1 aromatic carbocycles. The van der Waals surface area contributed by atoms with E-state index in [0.717, 1.165) is 31.6 Å². The van der Waals surface area contributed by atoms with Crippen LogP contribution in [-0.2, 0) is 12.8 Å². The van der Waals surface area contributed by atoms with Gasteiger partial charge in [-0.1, -0.05) is 6.07 Å². The number of hydrogen-bond acceptors (Lipinski definition) is 2. The summed E-state index contributed by atoms with van der Waals surface area (Å²) >= 11 is 0. The van der Waals surface area contributed by atoms with Gasteiger partial charge in [-0.15, -0.1) is 12.3 Å². The van der Waals surface area contributed by atoms with E-state index in [0.29, 0.717) is 6.04 Å². The van der Waals surface area contributed by atoms with E-state index < -0.39 is 0 Å². The molecule has 1 unspecified atom stereocenters. The molecule has 0 heterocycles. The number of fused-ring (bicyclic) bond motifs is 1. The fourth-order valence-electron chi connectivity index (χ4n) is 2.69. The van der Waals surface area contributed by atoms with Gasteiger partial charge in [0.25, 0.3) is 0 Å². The zero-order chi connectivity index (χ0) is 13.5. The predicted octanol–water partition coefficient (Wildman–Crippen LogP) is 2.95. The van der Waals surface area contributed by atoms with Crippen LogP contribution in [0.1, 0.15) is 36.8 Å². The van der Waals surface area contributed by atoms with Crippen molar-refractivity contribution < 1.29 is 4.74 Å². The average molecular weight is 257 g/mol. The SMILES string of the molecule is C#CCCCCNC1CCc2ccc(OC)cc2C1. The van der Waals surface area contributed by atoms with Crippen LogP contribution in [0.4, 0.5) is 0 Å². The molecule has 1 aliphatic carbocycles. The van der Waals surface area contributed by atoms with E-state index in [1.165, 1.54) is 30.4 Å². The minimum atomic E-state index is 0.602. The van der Waals surface area contributed by atoms with E-state index >= 15 is 0 Å². The average Bonchev–Trinajstić information content (AvgIpc) is 2.46. The summed E-state index contributed by atoms with van der Waals surface area (Å²) in [6.45, 7) is 1.08. The second kappa shape index (κ2) is 7.21. The van der Waals surface area contributed by atoms with Gasteiger partial charge in [0.2, 0.25) is 0 Å². The fourth-order valence-corrected chi connectivity index (χ4v) is 2.69. The molecule has 0 fully saturated rings. The molecule has 102 valence electrons. The molecule has 0 spiro atoms. The summed E-state index contributed by atoms with van der Waals surface area (Å²) in [5.41, 5.74) is 2.91. The Balaban J connectivity index is 1.82. The first-order valence-corrected chi connectivity index (χ1v) is 7.16. The Kier molecular flexibility index (Phi) is 5.30. The highest BCUT2D eigenvalue weighted by Crippen LogP contribution is 2.25. The summed E-state index contributed by atoms with van der Waals surface area (Å²) < 4.78 is 5.30. The summed E-state index contributed by atoms with van der Waals surface area (Å²) in [6.07, 6.45) is 12.0. The van der Waals surface area contributed by atoms with Crippen LogP contribution in [0.3, 0.4) is 0 Å². The minimum absolute atomic E-state index is 0.602. The van der Waals surface area contributed by atoms with Gasteiger partial charge in [0.1, 0.15) is 5.75 Å². The standard InChI is InChI=1S/C17H23NO/c1-3-4-5-6-11-18-16-9-7-14-8-10-17(19-2)13-15(14)12-16/h1,8,10,13,16,18H,4-7,9,11-12H2,2H3. The molecule has 2 heteroatoms. The third-order valence-corrected chi connectivity index (χ3v) is 3.82. The third-order valence-electron chi connectivity index (χ3n) is 3.82. The van der Waals surface area contributed by atoms with Crippen molar-refractivity contribution >= 4 is 0 Å². The molecule has 0 saturated heterocycles. The van der Waals surface area contributed by atoms with Crippen LogP contribution in [0.15, 0.2) is 18.2 Å². The van der Waals surface area contributed by atoms with Crippen molar-refractivity contribution in [2.45, 2.75) is 44.6 Å². The molecule has 19 heavy (non-hydrogen) atoms. The maximum absolute atomic E-state index is 5.30. The van der Waals surface area contributed by atoms with Crippen molar-refractivity contribution in [3.05, 3.63) is 29.3 Å². The number of hydrogen-bond donors (Lipinski definition) is 1. The number of methoxy groups -OCH3 is 1. The molecular weight excluding hydrogens is 234 g/mol. The Bertz CT molecular complexity index is 447. The van der Waals surface area contributed by atoms with Gasteiger partial charge in [-0.3, -0.25) is 0 Å². The molecule has 0 amide bonds. The van der Waals surface area contributed by atoms with Crippen molar-refractivity contribution in [2.24, 2.45) is 0 Å². The first kappa shape index (κ1) is 14.0. The molecule has 1 aromatic rings. The van der Waals surface area contributed by atoms with Crippen LogP contribution in [0.2, 0.25) is 0 Å². The molecule has 0 saturated carbocycles. The smallest absolute Gasteiger partial charge is 0.119 e. The number of unbranched alkanes of at least 4 members (excludes halogenated alkanes) is 2.